The van der Waals surface area contributed by atoms with Crippen LogP contribution in [0, 0.1) is 12.7 Å². The molecular formula is C17H25FN2O2. The van der Waals surface area contributed by atoms with Crippen molar-refractivity contribution >= 4 is 11.8 Å². The van der Waals surface area contributed by atoms with Crippen LogP contribution in [0.1, 0.15) is 38.8 Å². The van der Waals surface area contributed by atoms with Crippen molar-refractivity contribution in [3.05, 3.63) is 29.1 Å². The zero-order chi connectivity index (χ0) is 16.5. The lowest BCUT2D eigenvalue weighted by Crippen LogP contribution is -2.43. The van der Waals surface area contributed by atoms with Crippen LogP contribution in [0.4, 0.5) is 14.9 Å². The monoisotopic (exact) mass is 308 g/mol. The highest BCUT2D eigenvalue weighted by atomic mass is 19.1. The normalized spacial score (nSPS) is 15.5. The molecule has 1 aromatic rings. The molecule has 1 aliphatic heterocycles. The molecule has 22 heavy (non-hydrogen) atoms. The predicted molar refractivity (Wildman–Crippen MR) is 85.9 cm³/mol. The highest BCUT2D eigenvalue weighted by Gasteiger charge is 2.24. The van der Waals surface area contributed by atoms with E-state index in [1.807, 2.05) is 33.8 Å². The van der Waals surface area contributed by atoms with E-state index in [0.717, 1.165) is 24.2 Å². The molecule has 1 atom stereocenters. The number of fused-ring (bicyclic) bond motifs is 1. The Balaban J connectivity index is 1.96. The summed E-state index contributed by atoms with van der Waals surface area (Å²) in [5.74, 6) is -0.152. The molecule has 1 heterocycles. The van der Waals surface area contributed by atoms with Crippen LogP contribution in [-0.4, -0.2) is 30.8 Å². The third-order valence-electron chi connectivity index (χ3n) is 3.61. The summed E-state index contributed by atoms with van der Waals surface area (Å²) >= 11 is 0. The Morgan fingerprint density at radius 1 is 1.45 bits per heavy atom. The van der Waals surface area contributed by atoms with Crippen molar-refractivity contribution in [1.82, 2.24) is 5.32 Å². The predicted octanol–water partition coefficient (Wildman–Crippen LogP) is 3.41. The van der Waals surface area contributed by atoms with Gasteiger partial charge in [-0.05, 0) is 64.3 Å². The second-order valence-electron chi connectivity index (χ2n) is 6.97. The van der Waals surface area contributed by atoms with Crippen LogP contribution in [0.2, 0.25) is 0 Å². The van der Waals surface area contributed by atoms with E-state index in [1.54, 1.807) is 13.0 Å². The molecule has 2 rings (SSSR count). The molecule has 1 amide bonds. The molecule has 122 valence electrons. The number of carbonyl (C=O) groups is 1. The number of ether oxygens (including phenoxy) is 1. The van der Waals surface area contributed by atoms with Crippen LogP contribution in [-0.2, 0) is 11.2 Å². The van der Waals surface area contributed by atoms with Gasteiger partial charge in [0.25, 0.3) is 0 Å². The van der Waals surface area contributed by atoms with Crippen LogP contribution in [0.15, 0.2) is 12.1 Å². The minimum Gasteiger partial charge on any atom is -0.444 e. The Morgan fingerprint density at radius 2 is 2.14 bits per heavy atom. The Labute approximate surface area is 131 Å². The van der Waals surface area contributed by atoms with Gasteiger partial charge >= 0.3 is 6.09 Å². The molecule has 1 N–H and O–H groups in total. The zero-order valence-electron chi connectivity index (χ0n) is 14.0. The van der Waals surface area contributed by atoms with E-state index in [-0.39, 0.29) is 11.9 Å². The van der Waals surface area contributed by atoms with E-state index < -0.39 is 11.7 Å². The summed E-state index contributed by atoms with van der Waals surface area (Å²) in [6, 6.07) is 3.46. The molecule has 1 aliphatic rings. The van der Waals surface area contributed by atoms with Gasteiger partial charge in [-0.2, -0.15) is 0 Å². The summed E-state index contributed by atoms with van der Waals surface area (Å²) < 4.78 is 18.9. The lowest BCUT2D eigenvalue weighted by atomic mass is 10.1. The average Bonchev–Trinajstić information content (AvgIpc) is 2.70. The number of amides is 1. The smallest absolute Gasteiger partial charge is 0.407 e. The van der Waals surface area contributed by atoms with E-state index in [9.17, 15) is 9.18 Å². The fourth-order valence-corrected chi connectivity index (χ4v) is 2.65. The van der Waals surface area contributed by atoms with Crippen LogP contribution >= 0.6 is 0 Å². The third kappa shape index (κ3) is 4.12. The number of hydrogen-bond donors (Lipinski definition) is 1. The molecule has 0 aliphatic carbocycles. The number of carbonyl (C=O) groups excluding carboxylic acids is 1. The van der Waals surface area contributed by atoms with Gasteiger partial charge in [-0.3, -0.25) is 0 Å². The number of hydrogen-bond acceptors (Lipinski definition) is 3. The summed E-state index contributed by atoms with van der Waals surface area (Å²) in [4.78, 5) is 14.0. The molecular weight excluding hydrogens is 283 g/mol. The fourth-order valence-electron chi connectivity index (χ4n) is 2.65. The largest absolute Gasteiger partial charge is 0.444 e. The number of rotatable bonds is 3. The Morgan fingerprint density at radius 3 is 2.77 bits per heavy atom. The molecule has 0 bridgehead atoms. The van der Waals surface area contributed by atoms with E-state index in [1.165, 1.54) is 0 Å². The van der Waals surface area contributed by atoms with E-state index >= 15 is 0 Å². The zero-order valence-corrected chi connectivity index (χ0v) is 14.0. The van der Waals surface area contributed by atoms with E-state index in [0.29, 0.717) is 12.1 Å². The Bertz CT molecular complexity index is 567. The second kappa shape index (κ2) is 6.15. The molecule has 1 unspecified atom stereocenters. The number of anilines is 1. The molecule has 5 heteroatoms. The van der Waals surface area contributed by atoms with Crippen LogP contribution in [0.5, 0.6) is 0 Å². The number of halogens is 1. The summed E-state index contributed by atoms with van der Waals surface area (Å²) in [6.07, 6.45) is 0.431. The van der Waals surface area contributed by atoms with Crippen molar-refractivity contribution in [2.24, 2.45) is 0 Å². The number of benzene rings is 1. The summed E-state index contributed by atoms with van der Waals surface area (Å²) in [6.45, 7) is 10.8. The second-order valence-corrected chi connectivity index (χ2v) is 6.97. The van der Waals surface area contributed by atoms with Crippen molar-refractivity contribution in [2.45, 2.75) is 52.7 Å². The topological polar surface area (TPSA) is 41.6 Å². The molecule has 0 aromatic heterocycles. The molecule has 1 aromatic carbocycles. The fraction of sp³-hybridized carbons (Fsp3) is 0.588. The van der Waals surface area contributed by atoms with Gasteiger partial charge in [-0.1, -0.05) is 0 Å². The molecule has 0 fully saturated rings. The standard InChI is InChI=1S/C17H25FN2O2/c1-11-8-15-13(9-14(11)18)6-7-20(15)10-12(2)19-16(21)22-17(3,4)5/h8-9,12H,6-7,10H2,1-5H3,(H,19,21). The molecule has 0 spiro atoms. The first-order chi connectivity index (χ1) is 10.2. The minimum atomic E-state index is -0.501. The van der Waals surface area contributed by atoms with Crippen LogP contribution in [0.3, 0.4) is 0 Å². The Hall–Kier alpha value is -1.78. The van der Waals surface area contributed by atoms with Crippen LogP contribution < -0.4 is 10.2 Å². The van der Waals surface area contributed by atoms with Crippen LogP contribution in [0.25, 0.3) is 0 Å². The maximum Gasteiger partial charge on any atom is 0.407 e. The van der Waals surface area contributed by atoms with Crippen molar-refractivity contribution in [3.63, 3.8) is 0 Å². The maximum atomic E-state index is 13.6. The van der Waals surface area contributed by atoms with E-state index in [4.69, 9.17) is 4.74 Å². The number of aryl methyl sites for hydroxylation is 1. The van der Waals surface area contributed by atoms with E-state index in [2.05, 4.69) is 10.2 Å². The Kier molecular flexibility index (Phi) is 4.63. The first-order valence-corrected chi connectivity index (χ1v) is 7.69. The maximum absolute atomic E-state index is 13.6. The van der Waals surface area contributed by atoms with Crippen molar-refractivity contribution in [2.75, 3.05) is 18.0 Å². The lowest BCUT2D eigenvalue weighted by molar-refractivity contribution is 0.0510. The first-order valence-electron chi connectivity index (χ1n) is 7.69. The molecule has 0 radical (unpaired) electrons. The summed E-state index contributed by atoms with van der Waals surface area (Å²) in [7, 11) is 0. The van der Waals surface area contributed by atoms with Gasteiger partial charge < -0.3 is 15.0 Å². The third-order valence-corrected chi connectivity index (χ3v) is 3.61. The molecule has 0 saturated heterocycles. The number of nitrogens with zero attached hydrogens (tertiary/aromatic N) is 1. The van der Waals surface area contributed by atoms with Crippen molar-refractivity contribution in [3.8, 4) is 0 Å². The molecule has 4 nitrogen and oxygen atoms in total. The van der Waals surface area contributed by atoms with Gasteiger partial charge in [-0.25, -0.2) is 9.18 Å². The quantitative estimate of drug-likeness (QED) is 0.930. The average molecular weight is 308 g/mol. The van der Waals surface area contributed by atoms with Gasteiger partial charge in [0.1, 0.15) is 11.4 Å². The first kappa shape index (κ1) is 16.6. The van der Waals surface area contributed by atoms with Gasteiger partial charge in [-0.15, -0.1) is 0 Å². The highest BCUT2D eigenvalue weighted by molar-refractivity contribution is 5.68. The highest BCUT2D eigenvalue weighted by Crippen LogP contribution is 2.30. The number of alkyl carbamates (subject to hydrolysis) is 1. The SMILES string of the molecule is Cc1cc2c(cc1F)CCN2CC(C)NC(=O)OC(C)(C)C. The number of nitrogens with one attached hydrogen (secondary N) is 1. The lowest BCUT2D eigenvalue weighted by Gasteiger charge is -2.26. The van der Waals surface area contributed by atoms with Gasteiger partial charge in [0, 0.05) is 24.8 Å². The van der Waals surface area contributed by atoms with Crippen molar-refractivity contribution in [1.29, 1.82) is 0 Å². The summed E-state index contributed by atoms with van der Waals surface area (Å²) in [5.41, 5.74) is 2.25. The minimum absolute atomic E-state index is 0.0499. The van der Waals surface area contributed by atoms with Crippen molar-refractivity contribution < 1.29 is 13.9 Å². The summed E-state index contributed by atoms with van der Waals surface area (Å²) in [5, 5.41) is 2.84. The van der Waals surface area contributed by atoms with Gasteiger partial charge in [0.05, 0.1) is 0 Å². The molecule has 0 saturated carbocycles. The van der Waals surface area contributed by atoms with Gasteiger partial charge in [0.15, 0.2) is 0 Å². The van der Waals surface area contributed by atoms with Gasteiger partial charge in [0.2, 0.25) is 0 Å².